The van der Waals surface area contributed by atoms with E-state index < -0.39 is 45.4 Å². The Labute approximate surface area is 114 Å². The summed E-state index contributed by atoms with van der Waals surface area (Å²) < 4.78 is 11.3. The maximum atomic E-state index is 11.7. The van der Waals surface area contributed by atoms with Crippen LogP contribution in [0.15, 0.2) is 17.1 Å². The van der Waals surface area contributed by atoms with Gasteiger partial charge in [-0.15, -0.1) is 0 Å². The summed E-state index contributed by atoms with van der Waals surface area (Å²) in [6.07, 6.45) is -3.11. The van der Waals surface area contributed by atoms with E-state index in [2.05, 4.69) is 4.98 Å². The molecule has 0 aromatic carbocycles. The van der Waals surface area contributed by atoms with Crippen LogP contribution in [0.4, 0.5) is 5.82 Å². The first kappa shape index (κ1) is 15.3. The predicted octanol–water partition coefficient (Wildman–Crippen LogP) is -2.36. The zero-order chi connectivity index (χ0) is 14.9. The number of aliphatic hydroxyl groups is 2. The molecule has 112 valence electrons. The third-order valence-corrected chi connectivity index (χ3v) is 3.30. The van der Waals surface area contributed by atoms with Gasteiger partial charge in [-0.3, -0.25) is 10.1 Å². The first-order valence-corrected chi connectivity index (χ1v) is 6.91. The lowest BCUT2D eigenvalue weighted by Crippen LogP contribution is -2.37. The van der Waals surface area contributed by atoms with Crippen LogP contribution >= 0.6 is 8.53 Å². The standard InChI is InChI=1S/C9H15N4O6P/c10-5-1-2-13(9(16)12-5)8-6(15)7(19-20(11)17)4(3-14)18-8/h1-2,4,6-8,14-15,17H,3,11H2,(H2,10,12,16)/t4-,6-,7-,8-,20?/m1/s1. The van der Waals surface area contributed by atoms with Crippen molar-refractivity contribution in [2.45, 2.75) is 24.5 Å². The van der Waals surface area contributed by atoms with Crippen LogP contribution in [-0.2, 0) is 9.26 Å². The number of nitrogen functional groups attached to an aromatic ring is 1. The van der Waals surface area contributed by atoms with Gasteiger partial charge in [0.05, 0.1) is 6.61 Å². The van der Waals surface area contributed by atoms with Gasteiger partial charge in [-0.2, -0.15) is 4.98 Å². The number of hydrogen-bond acceptors (Lipinski definition) is 9. The molecule has 2 rings (SSSR count). The Kier molecular flexibility index (Phi) is 4.66. The molecule has 11 heteroatoms. The Morgan fingerprint density at radius 2 is 2.30 bits per heavy atom. The highest BCUT2D eigenvalue weighted by Crippen LogP contribution is 2.36. The van der Waals surface area contributed by atoms with Crippen molar-refractivity contribution < 1.29 is 24.4 Å². The molecule has 10 nitrogen and oxygen atoms in total. The molecular formula is C9H15N4O6P. The minimum atomic E-state index is -2.25. The van der Waals surface area contributed by atoms with Gasteiger partial charge in [-0.05, 0) is 6.07 Å². The molecule has 0 bridgehead atoms. The summed E-state index contributed by atoms with van der Waals surface area (Å²) in [4.78, 5) is 24.3. The van der Waals surface area contributed by atoms with Gasteiger partial charge in [0.2, 0.25) is 0 Å². The maximum absolute atomic E-state index is 11.7. The molecule has 1 aromatic heterocycles. The topological polar surface area (TPSA) is 166 Å². The summed E-state index contributed by atoms with van der Waals surface area (Å²) in [7, 11) is -2.25. The molecule has 0 spiro atoms. The van der Waals surface area contributed by atoms with Crippen LogP contribution in [0, 0.1) is 0 Å². The van der Waals surface area contributed by atoms with Crippen LogP contribution in [-0.4, -0.2) is 49.6 Å². The largest absolute Gasteiger partial charge is 0.394 e. The zero-order valence-electron chi connectivity index (χ0n) is 10.2. The predicted molar refractivity (Wildman–Crippen MR) is 68.1 cm³/mol. The quantitative estimate of drug-likeness (QED) is 0.382. The van der Waals surface area contributed by atoms with E-state index in [1.807, 2.05) is 0 Å². The van der Waals surface area contributed by atoms with Crippen LogP contribution in [0.1, 0.15) is 6.23 Å². The second kappa shape index (κ2) is 6.10. The smallest absolute Gasteiger partial charge is 0.351 e. The third-order valence-electron chi connectivity index (χ3n) is 2.84. The van der Waals surface area contributed by atoms with Crippen LogP contribution in [0.5, 0.6) is 0 Å². The molecular weight excluding hydrogens is 291 g/mol. The number of hydrogen-bond donors (Lipinski definition) is 5. The summed E-state index contributed by atoms with van der Waals surface area (Å²) >= 11 is 0. The molecule has 0 amide bonds. The first-order valence-electron chi connectivity index (χ1n) is 5.63. The summed E-state index contributed by atoms with van der Waals surface area (Å²) in [6.45, 7) is -0.474. The molecule has 1 saturated heterocycles. The minimum absolute atomic E-state index is 0.0334. The van der Waals surface area contributed by atoms with Crippen molar-refractivity contribution in [3.8, 4) is 0 Å². The number of nitrogens with zero attached hydrogens (tertiary/aromatic N) is 2. The summed E-state index contributed by atoms with van der Waals surface area (Å²) in [5, 5.41) is 19.3. The molecule has 20 heavy (non-hydrogen) atoms. The molecule has 1 unspecified atom stereocenters. The van der Waals surface area contributed by atoms with E-state index in [1.165, 1.54) is 12.3 Å². The van der Waals surface area contributed by atoms with Gasteiger partial charge in [0.1, 0.15) is 24.1 Å². The van der Waals surface area contributed by atoms with Crippen molar-refractivity contribution in [2.75, 3.05) is 12.3 Å². The molecule has 1 aliphatic heterocycles. The maximum Gasteiger partial charge on any atom is 0.351 e. The highest BCUT2D eigenvalue weighted by Gasteiger charge is 2.46. The fourth-order valence-corrected chi connectivity index (χ4v) is 2.48. The molecule has 0 saturated carbocycles. The second-order valence-corrected chi connectivity index (χ2v) is 4.97. The lowest BCUT2D eigenvalue weighted by Gasteiger charge is -2.20. The van der Waals surface area contributed by atoms with Gasteiger partial charge in [-0.25, -0.2) is 4.79 Å². The minimum Gasteiger partial charge on any atom is -0.394 e. The summed E-state index contributed by atoms with van der Waals surface area (Å²) in [5.74, 6) is 0.0334. The molecule has 1 aliphatic rings. The van der Waals surface area contributed by atoms with Crippen molar-refractivity contribution in [1.82, 2.24) is 9.55 Å². The van der Waals surface area contributed by atoms with Crippen molar-refractivity contribution in [3.05, 3.63) is 22.7 Å². The average molecular weight is 306 g/mol. The Balaban J connectivity index is 2.27. The van der Waals surface area contributed by atoms with E-state index in [4.69, 9.17) is 25.4 Å². The van der Waals surface area contributed by atoms with Gasteiger partial charge in [0.25, 0.3) is 8.53 Å². The molecule has 1 aromatic rings. The molecule has 0 radical (unpaired) electrons. The van der Waals surface area contributed by atoms with E-state index in [0.717, 1.165) is 4.57 Å². The number of aliphatic hydroxyl groups excluding tert-OH is 2. The van der Waals surface area contributed by atoms with E-state index in [-0.39, 0.29) is 5.82 Å². The van der Waals surface area contributed by atoms with E-state index in [1.54, 1.807) is 0 Å². The van der Waals surface area contributed by atoms with Crippen LogP contribution in [0.3, 0.4) is 0 Å². The van der Waals surface area contributed by atoms with Crippen LogP contribution < -0.4 is 16.9 Å². The van der Waals surface area contributed by atoms with E-state index >= 15 is 0 Å². The van der Waals surface area contributed by atoms with Gasteiger partial charge in [0.15, 0.2) is 6.23 Å². The van der Waals surface area contributed by atoms with Crippen LogP contribution in [0.2, 0.25) is 0 Å². The number of aromatic nitrogens is 2. The Morgan fingerprint density at radius 1 is 1.60 bits per heavy atom. The summed E-state index contributed by atoms with van der Waals surface area (Å²) in [5.41, 5.74) is 9.79. The zero-order valence-corrected chi connectivity index (χ0v) is 11.1. The third kappa shape index (κ3) is 2.96. The lowest BCUT2D eigenvalue weighted by atomic mass is 10.1. The Morgan fingerprint density at radius 3 is 2.85 bits per heavy atom. The lowest BCUT2D eigenvalue weighted by molar-refractivity contribution is -0.0543. The normalized spacial score (nSPS) is 31.4. The second-order valence-electron chi connectivity index (χ2n) is 4.15. The Hall–Kier alpha value is -1.13. The van der Waals surface area contributed by atoms with Gasteiger partial charge >= 0.3 is 5.69 Å². The number of nitrogens with two attached hydrogens (primary N) is 2. The fourth-order valence-electron chi connectivity index (χ4n) is 1.97. The fraction of sp³-hybridized carbons (Fsp3) is 0.556. The molecule has 7 N–H and O–H groups in total. The molecule has 1 fully saturated rings. The van der Waals surface area contributed by atoms with Gasteiger partial charge in [0, 0.05) is 6.20 Å². The molecule has 0 aliphatic carbocycles. The van der Waals surface area contributed by atoms with Gasteiger partial charge < -0.3 is 30.1 Å². The van der Waals surface area contributed by atoms with Crippen molar-refractivity contribution in [1.29, 1.82) is 0 Å². The first-order chi connectivity index (χ1) is 9.43. The number of ether oxygens (including phenoxy) is 1. The van der Waals surface area contributed by atoms with Crippen molar-refractivity contribution >= 4 is 14.3 Å². The molecule has 2 heterocycles. The highest BCUT2D eigenvalue weighted by molar-refractivity contribution is 7.43. The van der Waals surface area contributed by atoms with Crippen molar-refractivity contribution in [3.63, 3.8) is 0 Å². The van der Waals surface area contributed by atoms with Crippen molar-refractivity contribution in [2.24, 2.45) is 5.50 Å². The van der Waals surface area contributed by atoms with E-state index in [0.29, 0.717) is 0 Å². The van der Waals surface area contributed by atoms with Gasteiger partial charge in [-0.1, -0.05) is 0 Å². The highest BCUT2D eigenvalue weighted by atomic mass is 31.2. The monoisotopic (exact) mass is 306 g/mol. The van der Waals surface area contributed by atoms with Crippen LogP contribution in [0.25, 0.3) is 0 Å². The average Bonchev–Trinajstić information content (AvgIpc) is 2.67. The number of anilines is 1. The summed E-state index contributed by atoms with van der Waals surface area (Å²) in [6, 6.07) is 1.36. The molecule has 5 atom stereocenters. The SMILES string of the molecule is Nc1ccn([C@@H]2O[C@H](CO)[C@@H](OP(N)O)[C@H]2O)c(=O)n1. The number of rotatable bonds is 4. The Bertz CT molecular complexity index is 525. The van der Waals surface area contributed by atoms with E-state index in [9.17, 15) is 15.0 Å².